The van der Waals surface area contributed by atoms with Gasteiger partial charge >= 0.3 is 0 Å². The van der Waals surface area contributed by atoms with Crippen molar-refractivity contribution >= 4 is 5.91 Å². The Hall–Kier alpha value is -1.40. The maximum atomic E-state index is 12.1. The Morgan fingerprint density at radius 2 is 2.35 bits per heavy atom. The summed E-state index contributed by atoms with van der Waals surface area (Å²) < 4.78 is 1.86. The zero-order chi connectivity index (χ0) is 16.1. The summed E-state index contributed by atoms with van der Waals surface area (Å²) in [4.78, 5) is 14.6. The van der Waals surface area contributed by atoms with Gasteiger partial charge in [-0.1, -0.05) is 0 Å². The zero-order valence-electron chi connectivity index (χ0n) is 14.1. The van der Waals surface area contributed by atoms with Crippen molar-refractivity contribution in [3.63, 3.8) is 0 Å². The molecule has 2 aliphatic rings. The molecule has 1 aromatic heterocycles. The van der Waals surface area contributed by atoms with Crippen LogP contribution < -0.4 is 10.6 Å². The molecule has 0 aliphatic carbocycles. The van der Waals surface area contributed by atoms with Crippen molar-refractivity contribution in [3.05, 3.63) is 18.0 Å². The van der Waals surface area contributed by atoms with Gasteiger partial charge in [-0.3, -0.25) is 9.48 Å². The van der Waals surface area contributed by atoms with Gasteiger partial charge in [0, 0.05) is 32.9 Å². The second-order valence-electron chi connectivity index (χ2n) is 6.98. The molecule has 3 heterocycles. The molecule has 2 saturated heterocycles. The minimum absolute atomic E-state index is 0.0419. The molecule has 3 rings (SSSR count). The fourth-order valence-electron chi connectivity index (χ4n) is 3.69. The van der Waals surface area contributed by atoms with Crippen LogP contribution in [0, 0.1) is 5.92 Å². The van der Waals surface area contributed by atoms with E-state index < -0.39 is 0 Å². The summed E-state index contributed by atoms with van der Waals surface area (Å²) >= 11 is 0. The maximum Gasteiger partial charge on any atom is 0.237 e. The highest BCUT2D eigenvalue weighted by molar-refractivity contribution is 5.81. The smallest absolute Gasteiger partial charge is 0.237 e. The van der Waals surface area contributed by atoms with Crippen LogP contribution in [-0.2, 0) is 18.3 Å². The Morgan fingerprint density at radius 3 is 3.09 bits per heavy atom. The molecule has 0 spiro atoms. The monoisotopic (exact) mass is 319 g/mol. The van der Waals surface area contributed by atoms with E-state index in [2.05, 4.69) is 26.8 Å². The first-order chi connectivity index (χ1) is 11.2. The molecular weight excluding hydrogens is 290 g/mol. The molecule has 2 atom stereocenters. The van der Waals surface area contributed by atoms with E-state index >= 15 is 0 Å². The predicted molar refractivity (Wildman–Crippen MR) is 90.1 cm³/mol. The van der Waals surface area contributed by atoms with Gasteiger partial charge in [-0.25, -0.2) is 0 Å². The Labute approximate surface area is 138 Å². The first-order valence-electron chi connectivity index (χ1n) is 8.91. The van der Waals surface area contributed by atoms with Crippen LogP contribution in [0.25, 0.3) is 0 Å². The summed E-state index contributed by atoms with van der Waals surface area (Å²) in [5.41, 5.74) is 1.30. The Morgan fingerprint density at radius 1 is 1.43 bits per heavy atom. The summed E-state index contributed by atoms with van der Waals surface area (Å²) in [7, 11) is 1.96. The second kappa shape index (κ2) is 7.93. The summed E-state index contributed by atoms with van der Waals surface area (Å²) in [5, 5.41) is 10.6. The van der Waals surface area contributed by atoms with Crippen LogP contribution in [0.4, 0.5) is 0 Å². The van der Waals surface area contributed by atoms with E-state index in [1.54, 1.807) is 0 Å². The van der Waals surface area contributed by atoms with Crippen LogP contribution in [0.5, 0.6) is 0 Å². The van der Waals surface area contributed by atoms with Crippen molar-refractivity contribution in [2.75, 3.05) is 32.7 Å². The number of likely N-dealkylation sites (tertiary alicyclic amines) is 1. The molecule has 6 nitrogen and oxygen atoms in total. The Kier molecular flexibility index (Phi) is 5.67. The molecule has 0 radical (unpaired) electrons. The van der Waals surface area contributed by atoms with E-state index in [0.29, 0.717) is 5.92 Å². The fourth-order valence-corrected chi connectivity index (χ4v) is 3.69. The van der Waals surface area contributed by atoms with Crippen LogP contribution in [0.2, 0.25) is 0 Å². The number of hydrogen-bond donors (Lipinski definition) is 2. The van der Waals surface area contributed by atoms with Gasteiger partial charge in [-0.05, 0) is 56.7 Å². The zero-order valence-corrected chi connectivity index (χ0v) is 14.1. The number of nitrogens with one attached hydrogen (secondary N) is 2. The fraction of sp³-hybridized carbons (Fsp3) is 0.765. The number of aromatic nitrogens is 2. The molecule has 2 fully saturated rings. The number of rotatable bonds is 6. The quantitative estimate of drug-likeness (QED) is 0.803. The summed E-state index contributed by atoms with van der Waals surface area (Å²) in [5.74, 6) is 0.776. The van der Waals surface area contributed by atoms with Crippen LogP contribution in [0.1, 0.15) is 31.2 Å². The van der Waals surface area contributed by atoms with Gasteiger partial charge in [0.2, 0.25) is 5.91 Å². The SMILES string of the molecule is Cn1cc(CCN2CCCC(CNC(=O)C3CCCN3)C2)cn1. The largest absolute Gasteiger partial charge is 0.354 e. The number of hydrogen-bond acceptors (Lipinski definition) is 4. The number of piperidine rings is 1. The van der Waals surface area contributed by atoms with Gasteiger partial charge in [0.25, 0.3) is 0 Å². The van der Waals surface area contributed by atoms with E-state index in [1.807, 2.05) is 17.9 Å². The lowest BCUT2D eigenvalue weighted by atomic mass is 9.97. The number of carbonyl (C=O) groups is 1. The van der Waals surface area contributed by atoms with E-state index in [9.17, 15) is 4.79 Å². The third-order valence-electron chi connectivity index (χ3n) is 5.02. The summed E-state index contributed by atoms with van der Waals surface area (Å²) in [6.45, 7) is 5.15. The van der Waals surface area contributed by atoms with Crippen molar-refractivity contribution in [2.24, 2.45) is 13.0 Å². The van der Waals surface area contributed by atoms with E-state index in [4.69, 9.17) is 0 Å². The van der Waals surface area contributed by atoms with Crippen molar-refractivity contribution in [1.29, 1.82) is 0 Å². The lowest BCUT2D eigenvalue weighted by Crippen LogP contribution is -2.45. The van der Waals surface area contributed by atoms with Crippen LogP contribution >= 0.6 is 0 Å². The van der Waals surface area contributed by atoms with Gasteiger partial charge < -0.3 is 15.5 Å². The molecule has 2 N–H and O–H groups in total. The second-order valence-corrected chi connectivity index (χ2v) is 6.98. The molecular formula is C17H29N5O. The number of amides is 1. The summed E-state index contributed by atoms with van der Waals surface area (Å²) in [6, 6.07) is 0.0419. The molecule has 128 valence electrons. The lowest BCUT2D eigenvalue weighted by molar-refractivity contribution is -0.123. The number of aryl methyl sites for hydroxylation is 1. The minimum atomic E-state index is 0.0419. The topological polar surface area (TPSA) is 62.2 Å². The first kappa shape index (κ1) is 16.5. The Balaban J connectivity index is 1.38. The van der Waals surface area contributed by atoms with Gasteiger partial charge in [-0.15, -0.1) is 0 Å². The molecule has 0 aromatic carbocycles. The van der Waals surface area contributed by atoms with Crippen molar-refractivity contribution < 1.29 is 4.79 Å². The normalized spacial score (nSPS) is 25.6. The van der Waals surface area contributed by atoms with Gasteiger partial charge in [0.15, 0.2) is 0 Å². The Bertz CT molecular complexity index is 509. The van der Waals surface area contributed by atoms with E-state index in [0.717, 1.165) is 45.4 Å². The number of carbonyl (C=O) groups excluding carboxylic acids is 1. The molecule has 0 bridgehead atoms. The lowest BCUT2D eigenvalue weighted by Gasteiger charge is -2.33. The summed E-state index contributed by atoms with van der Waals surface area (Å²) in [6.07, 6.45) is 9.65. The molecule has 23 heavy (non-hydrogen) atoms. The number of nitrogens with zero attached hydrogens (tertiary/aromatic N) is 3. The first-order valence-corrected chi connectivity index (χ1v) is 8.91. The highest BCUT2D eigenvalue weighted by Gasteiger charge is 2.24. The van der Waals surface area contributed by atoms with Crippen LogP contribution in [0.15, 0.2) is 12.4 Å². The van der Waals surface area contributed by atoms with E-state index in [-0.39, 0.29) is 11.9 Å². The molecule has 2 unspecified atom stereocenters. The average molecular weight is 319 g/mol. The average Bonchev–Trinajstić information content (AvgIpc) is 3.23. The molecule has 1 amide bonds. The molecule has 6 heteroatoms. The van der Waals surface area contributed by atoms with Gasteiger partial charge in [0.1, 0.15) is 0 Å². The van der Waals surface area contributed by atoms with E-state index in [1.165, 1.54) is 24.9 Å². The molecule has 0 saturated carbocycles. The maximum absolute atomic E-state index is 12.1. The third kappa shape index (κ3) is 4.78. The van der Waals surface area contributed by atoms with Crippen LogP contribution in [-0.4, -0.2) is 59.4 Å². The van der Waals surface area contributed by atoms with Crippen LogP contribution in [0.3, 0.4) is 0 Å². The highest BCUT2D eigenvalue weighted by atomic mass is 16.2. The molecule has 2 aliphatic heterocycles. The standard InChI is InChI=1S/C17H29N5O/c1-21-12-15(11-20-21)6-9-22-8-3-4-14(13-22)10-19-17(23)16-5-2-7-18-16/h11-12,14,16,18H,2-10,13H2,1H3,(H,19,23). The van der Waals surface area contributed by atoms with Crippen molar-refractivity contribution in [1.82, 2.24) is 25.3 Å². The molecule has 1 aromatic rings. The van der Waals surface area contributed by atoms with Crippen molar-refractivity contribution in [2.45, 2.75) is 38.1 Å². The predicted octanol–water partition coefficient (Wildman–Crippen LogP) is 0.543. The van der Waals surface area contributed by atoms with Gasteiger partial charge in [0.05, 0.1) is 12.2 Å². The highest BCUT2D eigenvalue weighted by Crippen LogP contribution is 2.16. The van der Waals surface area contributed by atoms with Crippen molar-refractivity contribution in [3.8, 4) is 0 Å². The third-order valence-corrected chi connectivity index (χ3v) is 5.02. The van der Waals surface area contributed by atoms with Gasteiger partial charge in [-0.2, -0.15) is 5.10 Å². The minimum Gasteiger partial charge on any atom is -0.354 e.